The molecular formula is C15H21NO. The summed E-state index contributed by atoms with van der Waals surface area (Å²) in [6, 6.07) is 4.52. The third-order valence-corrected chi connectivity index (χ3v) is 3.44. The summed E-state index contributed by atoms with van der Waals surface area (Å²) >= 11 is 0. The van der Waals surface area contributed by atoms with Crippen molar-refractivity contribution >= 4 is 10.9 Å². The Labute approximate surface area is 103 Å². The molecule has 2 aromatic rings. The average Bonchev–Trinajstić information content (AvgIpc) is 2.60. The van der Waals surface area contributed by atoms with Crippen molar-refractivity contribution in [1.82, 2.24) is 4.57 Å². The van der Waals surface area contributed by atoms with Crippen LogP contribution in [0.3, 0.4) is 0 Å². The molecule has 1 aromatic heterocycles. The van der Waals surface area contributed by atoms with E-state index in [1.54, 1.807) is 0 Å². The molecule has 1 N–H and O–H groups in total. The minimum absolute atomic E-state index is 0.197. The van der Waals surface area contributed by atoms with Crippen LogP contribution in [0, 0.1) is 13.8 Å². The maximum absolute atomic E-state index is 9.12. The van der Waals surface area contributed by atoms with E-state index in [0.717, 1.165) is 12.8 Å². The third kappa shape index (κ3) is 2.22. The molecule has 0 amide bonds. The molecule has 92 valence electrons. The van der Waals surface area contributed by atoms with Crippen molar-refractivity contribution < 1.29 is 5.11 Å². The number of fused-ring (bicyclic) bond motifs is 1. The van der Waals surface area contributed by atoms with Crippen LogP contribution in [0.4, 0.5) is 0 Å². The molecule has 0 bridgehead atoms. The summed E-state index contributed by atoms with van der Waals surface area (Å²) in [4.78, 5) is 0. The Hall–Kier alpha value is -1.28. The summed E-state index contributed by atoms with van der Waals surface area (Å²) in [5, 5.41) is 10.5. The highest BCUT2D eigenvalue weighted by molar-refractivity contribution is 5.85. The van der Waals surface area contributed by atoms with Crippen LogP contribution in [0.2, 0.25) is 0 Å². The second-order valence-corrected chi connectivity index (χ2v) is 4.77. The molecule has 0 aliphatic carbocycles. The molecule has 1 heterocycles. The quantitative estimate of drug-likeness (QED) is 0.859. The maximum atomic E-state index is 9.12. The van der Waals surface area contributed by atoms with Crippen LogP contribution in [-0.4, -0.2) is 16.3 Å². The minimum atomic E-state index is 0.197. The van der Waals surface area contributed by atoms with Crippen LogP contribution in [0.5, 0.6) is 0 Å². The van der Waals surface area contributed by atoms with Crippen molar-refractivity contribution in [3.05, 3.63) is 35.0 Å². The van der Waals surface area contributed by atoms with E-state index in [1.165, 1.54) is 27.6 Å². The first-order chi connectivity index (χ1) is 8.17. The summed E-state index contributed by atoms with van der Waals surface area (Å²) < 4.78 is 2.17. The van der Waals surface area contributed by atoms with E-state index in [1.807, 2.05) is 0 Å². The summed E-state index contributed by atoms with van der Waals surface area (Å²) in [5.74, 6) is 0. The highest BCUT2D eigenvalue weighted by Gasteiger charge is 2.09. The molecule has 2 nitrogen and oxygen atoms in total. The smallest absolute Gasteiger partial charge is 0.0610 e. The van der Waals surface area contributed by atoms with Crippen molar-refractivity contribution in [2.45, 2.75) is 40.2 Å². The number of benzene rings is 1. The van der Waals surface area contributed by atoms with Gasteiger partial charge in [-0.3, -0.25) is 0 Å². The first-order valence-electron chi connectivity index (χ1n) is 6.37. The highest BCUT2D eigenvalue weighted by Crippen LogP contribution is 2.26. The fourth-order valence-electron chi connectivity index (χ4n) is 2.38. The molecule has 0 atom stereocenters. The molecule has 0 aliphatic rings. The predicted molar refractivity (Wildman–Crippen MR) is 72.5 cm³/mol. The largest absolute Gasteiger partial charge is 0.395 e. The van der Waals surface area contributed by atoms with Crippen LogP contribution >= 0.6 is 0 Å². The Morgan fingerprint density at radius 2 is 1.88 bits per heavy atom. The van der Waals surface area contributed by atoms with Crippen LogP contribution < -0.4 is 0 Å². The van der Waals surface area contributed by atoms with Gasteiger partial charge in [-0.05, 0) is 49.1 Å². The molecule has 1 aromatic carbocycles. The lowest BCUT2D eigenvalue weighted by atomic mass is 10.0. The molecule has 0 radical (unpaired) electrons. The molecule has 0 aliphatic heterocycles. The van der Waals surface area contributed by atoms with Gasteiger partial charge in [0.1, 0.15) is 0 Å². The van der Waals surface area contributed by atoms with Crippen LogP contribution in [-0.2, 0) is 13.0 Å². The molecule has 0 saturated heterocycles. The number of hydrogen-bond acceptors (Lipinski definition) is 1. The zero-order valence-electron chi connectivity index (χ0n) is 11.0. The molecule has 0 unspecified atom stereocenters. The second-order valence-electron chi connectivity index (χ2n) is 4.77. The summed E-state index contributed by atoms with van der Waals surface area (Å²) in [7, 11) is 0. The maximum Gasteiger partial charge on any atom is 0.0610 e. The van der Waals surface area contributed by atoms with Gasteiger partial charge in [-0.15, -0.1) is 0 Å². The summed E-state index contributed by atoms with van der Waals surface area (Å²) in [6.45, 7) is 7.39. The van der Waals surface area contributed by atoms with Crippen LogP contribution in [0.1, 0.15) is 30.0 Å². The number of hydrogen-bond donors (Lipinski definition) is 1. The lowest BCUT2D eigenvalue weighted by Crippen LogP contribution is -2.00. The number of rotatable bonds is 4. The van der Waals surface area contributed by atoms with E-state index in [4.69, 9.17) is 5.11 Å². The fourth-order valence-corrected chi connectivity index (χ4v) is 2.38. The average molecular weight is 231 g/mol. The topological polar surface area (TPSA) is 25.2 Å². The van der Waals surface area contributed by atoms with Crippen molar-refractivity contribution in [3.63, 3.8) is 0 Å². The van der Waals surface area contributed by atoms with E-state index in [0.29, 0.717) is 6.54 Å². The molecule has 0 saturated carbocycles. The van der Waals surface area contributed by atoms with Crippen molar-refractivity contribution in [2.24, 2.45) is 0 Å². The number of aliphatic hydroxyl groups excluding tert-OH is 1. The van der Waals surface area contributed by atoms with Crippen molar-refractivity contribution in [1.29, 1.82) is 0 Å². The van der Waals surface area contributed by atoms with Crippen LogP contribution in [0.15, 0.2) is 18.3 Å². The Bertz CT molecular complexity index is 479. The molecule has 0 spiro atoms. The fraction of sp³-hybridized carbons (Fsp3) is 0.467. The molecule has 17 heavy (non-hydrogen) atoms. The number of aliphatic hydroxyl groups is 1. The van der Waals surface area contributed by atoms with E-state index < -0.39 is 0 Å². The van der Waals surface area contributed by atoms with Gasteiger partial charge in [0.25, 0.3) is 0 Å². The molecular weight excluding hydrogens is 210 g/mol. The first kappa shape index (κ1) is 12.2. The van der Waals surface area contributed by atoms with Gasteiger partial charge in [0.15, 0.2) is 0 Å². The Balaban J connectivity index is 2.63. The SMILES string of the molecule is CCCc1cn(CCO)c2cc(C)c(C)cc12. The van der Waals surface area contributed by atoms with Gasteiger partial charge >= 0.3 is 0 Å². The van der Waals surface area contributed by atoms with Gasteiger partial charge < -0.3 is 9.67 Å². The normalized spacial score (nSPS) is 11.3. The van der Waals surface area contributed by atoms with Crippen LogP contribution in [0.25, 0.3) is 10.9 Å². The minimum Gasteiger partial charge on any atom is -0.395 e. The predicted octanol–water partition coefficient (Wildman–Crippen LogP) is 3.20. The first-order valence-corrected chi connectivity index (χ1v) is 6.37. The van der Waals surface area contributed by atoms with E-state index >= 15 is 0 Å². The summed E-state index contributed by atoms with van der Waals surface area (Å²) in [5.41, 5.74) is 5.32. The lowest BCUT2D eigenvalue weighted by Gasteiger charge is -2.05. The summed E-state index contributed by atoms with van der Waals surface area (Å²) in [6.07, 6.45) is 4.46. The van der Waals surface area contributed by atoms with Gasteiger partial charge in [-0.2, -0.15) is 0 Å². The molecule has 0 fully saturated rings. The van der Waals surface area contributed by atoms with Gasteiger partial charge in [0.05, 0.1) is 6.61 Å². The number of aromatic nitrogens is 1. The second kappa shape index (κ2) is 4.92. The van der Waals surface area contributed by atoms with Gasteiger partial charge in [-0.25, -0.2) is 0 Å². The Morgan fingerprint density at radius 3 is 2.53 bits per heavy atom. The standard InChI is InChI=1S/C15H21NO/c1-4-5-13-10-16(6-7-17)15-9-12(3)11(2)8-14(13)15/h8-10,17H,4-7H2,1-3H3. The Kier molecular flexibility index (Phi) is 3.53. The van der Waals surface area contributed by atoms with Gasteiger partial charge in [0.2, 0.25) is 0 Å². The monoisotopic (exact) mass is 231 g/mol. The zero-order chi connectivity index (χ0) is 12.4. The highest BCUT2D eigenvalue weighted by atomic mass is 16.3. The van der Waals surface area contributed by atoms with E-state index in [-0.39, 0.29) is 6.61 Å². The van der Waals surface area contributed by atoms with E-state index in [2.05, 4.69) is 43.7 Å². The van der Waals surface area contributed by atoms with Crippen molar-refractivity contribution in [2.75, 3.05) is 6.61 Å². The Morgan fingerprint density at radius 1 is 1.18 bits per heavy atom. The number of aryl methyl sites for hydroxylation is 3. The van der Waals surface area contributed by atoms with Crippen molar-refractivity contribution in [3.8, 4) is 0 Å². The molecule has 2 heteroatoms. The lowest BCUT2D eigenvalue weighted by molar-refractivity contribution is 0.278. The van der Waals surface area contributed by atoms with E-state index in [9.17, 15) is 0 Å². The number of nitrogens with zero attached hydrogens (tertiary/aromatic N) is 1. The third-order valence-electron chi connectivity index (χ3n) is 3.44. The zero-order valence-corrected chi connectivity index (χ0v) is 11.0. The van der Waals surface area contributed by atoms with Gasteiger partial charge in [-0.1, -0.05) is 13.3 Å². The molecule has 2 rings (SSSR count). The van der Waals surface area contributed by atoms with Gasteiger partial charge in [0, 0.05) is 23.6 Å².